The molecule has 6 heteroatoms. The Morgan fingerprint density at radius 1 is 1.28 bits per heavy atom. The largest absolute Gasteiger partial charge is 0.488 e. The number of rotatable bonds is 5. The number of carbonyl (C=O) groups is 1. The third kappa shape index (κ3) is 2.38. The van der Waals surface area contributed by atoms with Crippen molar-refractivity contribution in [2.75, 3.05) is 20.3 Å². The van der Waals surface area contributed by atoms with E-state index in [0.717, 1.165) is 0 Å². The van der Waals surface area contributed by atoms with Crippen molar-refractivity contribution in [2.45, 2.75) is 0 Å². The molecule has 0 radical (unpaired) electrons. The third-order valence-electron chi connectivity index (χ3n) is 2.36. The van der Waals surface area contributed by atoms with Crippen LogP contribution in [-0.4, -0.2) is 41.6 Å². The predicted octanol–water partition coefficient (Wildman–Crippen LogP) is 1.35. The summed E-state index contributed by atoms with van der Waals surface area (Å²) in [6.07, 6.45) is 0. The number of hydrogen-bond donors (Lipinski definition) is 1. The molecule has 1 aromatic heterocycles. The predicted molar refractivity (Wildman–Crippen MR) is 63.9 cm³/mol. The van der Waals surface area contributed by atoms with Gasteiger partial charge in [-0.25, -0.2) is 4.79 Å². The zero-order valence-corrected chi connectivity index (χ0v) is 9.79. The Balaban J connectivity index is 2.48. The van der Waals surface area contributed by atoms with Crippen molar-refractivity contribution < 1.29 is 19.4 Å². The fourth-order valence-electron chi connectivity index (χ4n) is 1.54. The summed E-state index contributed by atoms with van der Waals surface area (Å²) in [5, 5.41) is 17.2. The lowest BCUT2D eigenvalue weighted by Gasteiger charge is -2.10. The van der Waals surface area contributed by atoms with E-state index in [1.807, 2.05) is 0 Å². The van der Waals surface area contributed by atoms with Gasteiger partial charge < -0.3 is 14.6 Å². The first-order chi connectivity index (χ1) is 8.74. The number of carboxylic acids is 1. The number of ether oxygens (including phenoxy) is 2. The van der Waals surface area contributed by atoms with E-state index in [-0.39, 0.29) is 18.1 Å². The van der Waals surface area contributed by atoms with Crippen LogP contribution in [0.5, 0.6) is 5.75 Å². The molecular weight excluding hydrogens is 236 g/mol. The molecule has 94 valence electrons. The van der Waals surface area contributed by atoms with Crippen molar-refractivity contribution in [3.05, 3.63) is 30.0 Å². The van der Waals surface area contributed by atoms with Crippen LogP contribution in [0.25, 0.3) is 10.9 Å². The van der Waals surface area contributed by atoms with E-state index in [0.29, 0.717) is 17.5 Å². The average molecular weight is 248 g/mol. The first-order valence-electron chi connectivity index (χ1n) is 5.34. The second kappa shape index (κ2) is 5.42. The second-order valence-electron chi connectivity index (χ2n) is 3.54. The van der Waals surface area contributed by atoms with E-state index in [9.17, 15) is 4.79 Å². The highest BCUT2D eigenvalue weighted by molar-refractivity contribution is 5.96. The number of carboxylic acid groups (broad SMARTS) is 1. The number of hydrogen-bond acceptors (Lipinski definition) is 5. The molecule has 1 N–H and O–H groups in total. The minimum atomic E-state index is -1.17. The van der Waals surface area contributed by atoms with Crippen LogP contribution < -0.4 is 4.74 Å². The van der Waals surface area contributed by atoms with Gasteiger partial charge in [-0.3, -0.25) is 0 Å². The van der Waals surface area contributed by atoms with Crippen molar-refractivity contribution in [1.82, 2.24) is 10.2 Å². The maximum absolute atomic E-state index is 11.1. The fraction of sp³-hybridized carbons (Fsp3) is 0.250. The fourth-order valence-corrected chi connectivity index (χ4v) is 1.54. The Morgan fingerprint density at radius 2 is 2.06 bits per heavy atom. The van der Waals surface area contributed by atoms with Gasteiger partial charge in [0.2, 0.25) is 5.69 Å². The van der Waals surface area contributed by atoms with Crippen LogP contribution in [0.2, 0.25) is 0 Å². The zero-order valence-electron chi connectivity index (χ0n) is 9.79. The first-order valence-corrected chi connectivity index (χ1v) is 5.34. The van der Waals surface area contributed by atoms with Crippen LogP contribution in [0.15, 0.2) is 24.3 Å². The van der Waals surface area contributed by atoms with E-state index < -0.39 is 5.97 Å². The molecule has 0 aliphatic carbocycles. The average Bonchev–Trinajstić information content (AvgIpc) is 2.38. The molecule has 1 aromatic carbocycles. The highest BCUT2D eigenvalue weighted by Crippen LogP contribution is 2.26. The lowest BCUT2D eigenvalue weighted by atomic mass is 10.2. The van der Waals surface area contributed by atoms with E-state index in [4.69, 9.17) is 14.6 Å². The molecule has 0 aliphatic rings. The molecule has 0 atom stereocenters. The minimum Gasteiger partial charge on any atom is -0.488 e. The molecule has 0 amide bonds. The molecule has 0 saturated carbocycles. The smallest absolute Gasteiger partial charge is 0.360 e. The maximum Gasteiger partial charge on any atom is 0.360 e. The van der Waals surface area contributed by atoms with Crippen molar-refractivity contribution in [3.8, 4) is 5.75 Å². The van der Waals surface area contributed by atoms with E-state index in [1.54, 1.807) is 31.4 Å². The Bertz CT molecular complexity index is 571. The Kier molecular flexibility index (Phi) is 3.69. The highest BCUT2D eigenvalue weighted by atomic mass is 16.5. The number of aromatic carboxylic acids is 1. The Labute approximate surface area is 103 Å². The molecule has 0 saturated heterocycles. The van der Waals surface area contributed by atoms with E-state index >= 15 is 0 Å². The summed E-state index contributed by atoms with van der Waals surface area (Å²) >= 11 is 0. The molecule has 0 bridgehead atoms. The lowest BCUT2D eigenvalue weighted by molar-refractivity contribution is 0.0681. The van der Waals surface area contributed by atoms with Crippen molar-refractivity contribution in [3.63, 3.8) is 0 Å². The summed E-state index contributed by atoms with van der Waals surface area (Å²) in [6.45, 7) is 0.627. The molecule has 0 fully saturated rings. The summed E-state index contributed by atoms with van der Waals surface area (Å²) in [4.78, 5) is 11.1. The van der Waals surface area contributed by atoms with Crippen LogP contribution in [-0.2, 0) is 4.74 Å². The minimum absolute atomic E-state index is 0.190. The molecule has 1 heterocycles. The van der Waals surface area contributed by atoms with Crippen LogP contribution in [0.3, 0.4) is 0 Å². The molecule has 2 aromatic rings. The monoisotopic (exact) mass is 248 g/mol. The summed E-state index contributed by atoms with van der Waals surface area (Å²) < 4.78 is 10.3. The molecule has 0 spiro atoms. The molecule has 2 rings (SSSR count). The van der Waals surface area contributed by atoms with Gasteiger partial charge in [0.15, 0.2) is 5.75 Å². The standard InChI is InChI=1S/C12H12N2O4/c1-17-6-7-18-11-8-4-2-3-5-9(8)13-14-10(11)12(15)16/h2-5H,6-7H2,1H3,(H,15,16). The zero-order chi connectivity index (χ0) is 13.0. The number of methoxy groups -OCH3 is 1. The quantitative estimate of drug-likeness (QED) is 0.804. The van der Waals surface area contributed by atoms with Crippen molar-refractivity contribution in [2.24, 2.45) is 0 Å². The van der Waals surface area contributed by atoms with Gasteiger partial charge in [-0.15, -0.1) is 10.2 Å². The van der Waals surface area contributed by atoms with Crippen LogP contribution >= 0.6 is 0 Å². The number of fused-ring (bicyclic) bond motifs is 1. The van der Waals surface area contributed by atoms with Gasteiger partial charge in [-0.05, 0) is 12.1 Å². The van der Waals surface area contributed by atoms with Crippen LogP contribution in [0.1, 0.15) is 10.5 Å². The van der Waals surface area contributed by atoms with Gasteiger partial charge in [0.25, 0.3) is 0 Å². The molecule has 6 nitrogen and oxygen atoms in total. The second-order valence-corrected chi connectivity index (χ2v) is 3.54. The highest BCUT2D eigenvalue weighted by Gasteiger charge is 2.17. The molecule has 18 heavy (non-hydrogen) atoms. The Morgan fingerprint density at radius 3 is 2.78 bits per heavy atom. The molecule has 0 aliphatic heterocycles. The number of aromatic nitrogens is 2. The summed E-state index contributed by atoms with van der Waals surface area (Å²) in [5.74, 6) is -0.939. The van der Waals surface area contributed by atoms with E-state index in [2.05, 4.69) is 10.2 Å². The summed E-state index contributed by atoms with van der Waals surface area (Å²) in [7, 11) is 1.55. The topological polar surface area (TPSA) is 81.5 Å². The third-order valence-corrected chi connectivity index (χ3v) is 2.36. The number of benzene rings is 1. The van der Waals surface area contributed by atoms with Crippen LogP contribution in [0.4, 0.5) is 0 Å². The molecular formula is C12H12N2O4. The van der Waals surface area contributed by atoms with Crippen LogP contribution in [0, 0.1) is 0 Å². The summed E-state index contributed by atoms with van der Waals surface area (Å²) in [6, 6.07) is 7.09. The van der Waals surface area contributed by atoms with Crippen molar-refractivity contribution >= 4 is 16.9 Å². The van der Waals surface area contributed by atoms with Gasteiger partial charge in [-0.1, -0.05) is 12.1 Å². The van der Waals surface area contributed by atoms with Crippen molar-refractivity contribution in [1.29, 1.82) is 0 Å². The molecule has 0 unspecified atom stereocenters. The van der Waals surface area contributed by atoms with Gasteiger partial charge in [-0.2, -0.15) is 0 Å². The maximum atomic E-state index is 11.1. The lowest BCUT2D eigenvalue weighted by Crippen LogP contribution is -2.11. The van der Waals surface area contributed by atoms with Gasteiger partial charge in [0.05, 0.1) is 12.1 Å². The summed E-state index contributed by atoms with van der Waals surface area (Å²) in [5.41, 5.74) is 0.403. The van der Waals surface area contributed by atoms with Gasteiger partial charge >= 0.3 is 5.97 Å². The Hall–Kier alpha value is -2.21. The SMILES string of the molecule is COCCOc1c(C(=O)O)nnc2ccccc12. The normalized spacial score (nSPS) is 10.5. The van der Waals surface area contributed by atoms with Gasteiger partial charge in [0.1, 0.15) is 6.61 Å². The van der Waals surface area contributed by atoms with E-state index in [1.165, 1.54) is 0 Å². The first kappa shape index (κ1) is 12.3. The van der Waals surface area contributed by atoms with Gasteiger partial charge in [0, 0.05) is 12.5 Å². The number of nitrogens with zero attached hydrogens (tertiary/aromatic N) is 2.